The van der Waals surface area contributed by atoms with E-state index in [-0.39, 0.29) is 9.92 Å². The predicted molar refractivity (Wildman–Crippen MR) is 119 cm³/mol. The normalized spacial score (nSPS) is 15.5. The second-order valence-corrected chi connectivity index (χ2v) is 10.4. The summed E-state index contributed by atoms with van der Waals surface area (Å²) in [5, 5.41) is 2.83. The third-order valence-corrected chi connectivity index (χ3v) is 8.53. The van der Waals surface area contributed by atoms with E-state index >= 15 is 0 Å². The number of hydrogen-bond donors (Lipinski definition) is 0. The molecule has 1 aromatic heterocycles. The Balaban J connectivity index is 1.50. The first-order valence-corrected chi connectivity index (χ1v) is 12.2. The monoisotopic (exact) mass is 465 g/mol. The fraction of sp³-hybridized carbons (Fsp3) is 0.286. The minimum Gasteiger partial charge on any atom is -0.345 e. The standard InChI is InChI=1S/C21H21ClFN3O2S2/c1-14-4-3-5-15(2)20(14)18-13-29-21(24-18)25-8-10-26(11-9-25)30(27,28)19-7-6-16(23)12-17(19)22/h3-7,12-13H,8-11H2,1-2H3. The van der Waals surface area contributed by atoms with Crippen LogP contribution in [0.2, 0.25) is 5.02 Å². The van der Waals surface area contributed by atoms with E-state index in [1.54, 1.807) is 11.3 Å². The van der Waals surface area contributed by atoms with Gasteiger partial charge in [-0.2, -0.15) is 4.31 Å². The number of nitrogens with zero attached hydrogens (tertiary/aromatic N) is 3. The van der Waals surface area contributed by atoms with Crippen LogP contribution in [0.25, 0.3) is 11.3 Å². The summed E-state index contributed by atoms with van der Waals surface area (Å²) in [6.07, 6.45) is 0. The first-order valence-electron chi connectivity index (χ1n) is 9.49. The molecular formula is C21H21ClFN3O2S2. The lowest BCUT2D eigenvalue weighted by Crippen LogP contribution is -2.48. The van der Waals surface area contributed by atoms with E-state index in [1.165, 1.54) is 21.5 Å². The number of piperazine rings is 1. The van der Waals surface area contributed by atoms with E-state index in [4.69, 9.17) is 16.6 Å². The topological polar surface area (TPSA) is 53.5 Å². The number of rotatable bonds is 4. The summed E-state index contributed by atoms with van der Waals surface area (Å²) in [6, 6.07) is 9.54. The van der Waals surface area contributed by atoms with Crippen LogP contribution in [0.4, 0.5) is 9.52 Å². The lowest BCUT2D eigenvalue weighted by molar-refractivity contribution is 0.384. The Morgan fingerprint density at radius 1 is 1.07 bits per heavy atom. The number of halogens is 2. The minimum atomic E-state index is -3.77. The van der Waals surface area contributed by atoms with Crippen LogP contribution in [-0.2, 0) is 10.0 Å². The Labute approximate surface area is 184 Å². The maximum atomic E-state index is 13.3. The van der Waals surface area contributed by atoms with Crippen molar-refractivity contribution in [2.24, 2.45) is 0 Å². The Hall–Kier alpha value is -2.00. The van der Waals surface area contributed by atoms with Crippen molar-refractivity contribution in [1.29, 1.82) is 0 Å². The van der Waals surface area contributed by atoms with E-state index in [0.717, 1.165) is 28.5 Å². The largest absolute Gasteiger partial charge is 0.345 e. The number of sulfonamides is 1. The highest BCUT2D eigenvalue weighted by atomic mass is 35.5. The quantitative estimate of drug-likeness (QED) is 0.559. The first-order chi connectivity index (χ1) is 14.3. The van der Waals surface area contributed by atoms with Gasteiger partial charge in [-0.1, -0.05) is 29.8 Å². The van der Waals surface area contributed by atoms with Crippen LogP contribution in [0.15, 0.2) is 46.7 Å². The van der Waals surface area contributed by atoms with Crippen molar-refractivity contribution in [3.05, 3.63) is 63.7 Å². The first kappa shape index (κ1) is 21.2. The molecule has 4 rings (SSSR count). The summed E-state index contributed by atoms with van der Waals surface area (Å²) >= 11 is 7.54. The Kier molecular flexibility index (Phi) is 5.85. The molecule has 30 heavy (non-hydrogen) atoms. The average Bonchev–Trinajstić information content (AvgIpc) is 3.17. The van der Waals surface area contributed by atoms with Gasteiger partial charge in [0.25, 0.3) is 0 Å². The molecule has 0 aliphatic carbocycles. The van der Waals surface area contributed by atoms with Gasteiger partial charge in [0, 0.05) is 37.1 Å². The average molecular weight is 466 g/mol. The summed E-state index contributed by atoms with van der Waals surface area (Å²) < 4.78 is 40.5. The molecule has 1 saturated heterocycles. The van der Waals surface area contributed by atoms with Crippen LogP contribution in [-0.4, -0.2) is 43.9 Å². The van der Waals surface area contributed by atoms with E-state index in [2.05, 4.69) is 30.9 Å². The van der Waals surface area contributed by atoms with Crippen molar-refractivity contribution < 1.29 is 12.8 Å². The zero-order valence-corrected chi connectivity index (χ0v) is 19.0. The molecule has 0 amide bonds. The lowest BCUT2D eigenvalue weighted by atomic mass is 10.0. The number of anilines is 1. The van der Waals surface area contributed by atoms with Crippen LogP contribution in [0.3, 0.4) is 0 Å². The zero-order valence-electron chi connectivity index (χ0n) is 16.6. The van der Waals surface area contributed by atoms with Crippen molar-refractivity contribution >= 4 is 38.1 Å². The Morgan fingerprint density at radius 2 is 1.73 bits per heavy atom. The molecule has 2 heterocycles. The molecule has 0 N–H and O–H groups in total. The molecule has 3 aromatic rings. The third kappa shape index (κ3) is 3.97. The third-order valence-electron chi connectivity index (χ3n) is 5.25. The van der Waals surface area contributed by atoms with Gasteiger partial charge < -0.3 is 4.90 Å². The van der Waals surface area contributed by atoms with Crippen LogP contribution in [0.5, 0.6) is 0 Å². The van der Waals surface area contributed by atoms with Gasteiger partial charge in [0.2, 0.25) is 10.0 Å². The van der Waals surface area contributed by atoms with Gasteiger partial charge in [0.05, 0.1) is 10.7 Å². The molecule has 0 saturated carbocycles. The molecule has 1 aliphatic heterocycles. The molecule has 158 valence electrons. The summed E-state index contributed by atoms with van der Waals surface area (Å²) in [6.45, 7) is 5.83. The molecule has 0 radical (unpaired) electrons. The van der Waals surface area contributed by atoms with Gasteiger partial charge >= 0.3 is 0 Å². The molecule has 2 aromatic carbocycles. The molecular weight excluding hydrogens is 445 g/mol. The van der Waals surface area contributed by atoms with Crippen LogP contribution < -0.4 is 4.90 Å². The fourth-order valence-corrected chi connectivity index (χ4v) is 6.48. The molecule has 1 aliphatic rings. The maximum Gasteiger partial charge on any atom is 0.244 e. The highest BCUT2D eigenvalue weighted by Gasteiger charge is 2.31. The van der Waals surface area contributed by atoms with Crippen LogP contribution in [0.1, 0.15) is 11.1 Å². The molecule has 5 nitrogen and oxygen atoms in total. The second-order valence-electron chi connectivity index (χ2n) is 7.25. The summed E-state index contributed by atoms with van der Waals surface area (Å²) in [5.74, 6) is -0.563. The van der Waals surface area contributed by atoms with Gasteiger partial charge in [-0.3, -0.25) is 0 Å². The number of aromatic nitrogens is 1. The highest BCUT2D eigenvalue weighted by Crippen LogP contribution is 2.33. The van der Waals surface area contributed by atoms with Gasteiger partial charge in [-0.25, -0.2) is 17.8 Å². The van der Waals surface area contributed by atoms with Crippen LogP contribution >= 0.6 is 22.9 Å². The number of benzene rings is 2. The Bertz CT molecular complexity index is 1170. The molecule has 0 bridgehead atoms. The van der Waals surface area contributed by atoms with E-state index < -0.39 is 15.8 Å². The lowest BCUT2D eigenvalue weighted by Gasteiger charge is -2.33. The highest BCUT2D eigenvalue weighted by molar-refractivity contribution is 7.89. The number of hydrogen-bond acceptors (Lipinski definition) is 5. The number of thiazole rings is 1. The van der Waals surface area contributed by atoms with Crippen molar-refractivity contribution in [3.63, 3.8) is 0 Å². The maximum absolute atomic E-state index is 13.3. The summed E-state index contributed by atoms with van der Waals surface area (Å²) in [7, 11) is -3.77. The summed E-state index contributed by atoms with van der Waals surface area (Å²) in [5.41, 5.74) is 4.45. The van der Waals surface area contributed by atoms with Crippen LogP contribution in [0, 0.1) is 19.7 Å². The SMILES string of the molecule is Cc1cccc(C)c1-c1csc(N2CCN(S(=O)(=O)c3ccc(F)cc3Cl)CC2)n1. The molecule has 9 heteroatoms. The zero-order chi connectivity index (χ0) is 21.5. The van der Waals surface area contributed by atoms with E-state index in [0.29, 0.717) is 26.2 Å². The van der Waals surface area contributed by atoms with Gasteiger partial charge in [0.1, 0.15) is 10.7 Å². The number of aryl methyl sites for hydroxylation is 2. The smallest absolute Gasteiger partial charge is 0.244 e. The predicted octanol–water partition coefficient (Wildman–Crippen LogP) is 4.73. The molecule has 0 atom stereocenters. The van der Waals surface area contributed by atoms with Crippen molar-refractivity contribution in [2.45, 2.75) is 18.7 Å². The second kappa shape index (κ2) is 8.26. The van der Waals surface area contributed by atoms with Crippen molar-refractivity contribution in [2.75, 3.05) is 31.1 Å². The van der Waals surface area contributed by atoms with Crippen molar-refractivity contribution in [1.82, 2.24) is 9.29 Å². The molecule has 1 fully saturated rings. The fourth-order valence-electron chi connectivity index (χ4n) is 3.69. The van der Waals surface area contributed by atoms with Crippen molar-refractivity contribution in [3.8, 4) is 11.3 Å². The van der Waals surface area contributed by atoms with E-state index in [9.17, 15) is 12.8 Å². The van der Waals surface area contributed by atoms with Gasteiger partial charge in [-0.05, 0) is 43.2 Å². The minimum absolute atomic E-state index is 0.0643. The molecule has 0 spiro atoms. The van der Waals surface area contributed by atoms with E-state index in [1.807, 2.05) is 11.4 Å². The van der Waals surface area contributed by atoms with Gasteiger partial charge in [-0.15, -0.1) is 11.3 Å². The van der Waals surface area contributed by atoms with Gasteiger partial charge in [0.15, 0.2) is 5.13 Å². The molecule has 0 unspecified atom stereocenters. The summed E-state index contributed by atoms with van der Waals surface area (Å²) in [4.78, 5) is 6.84. The Morgan fingerprint density at radius 3 is 2.37 bits per heavy atom.